The van der Waals surface area contributed by atoms with Crippen molar-refractivity contribution in [3.8, 4) is 0 Å². The Balaban J connectivity index is 1.74. The van der Waals surface area contributed by atoms with E-state index in [0.717, 1.165) is 4.47 Å². The van der Waals surface area contributed by atoms with E-state index in [1.54, 1.807) is 23.0 Å². The van der Waals surface area contributed by atoms with Gasteiger partial charge in [-0.25, -0.2) is 4.98 Å². The lowest BCUT2D eigenvalue weighted by atomic mass is 10.2. The highest BCUT2D eigenvalue weighted by atomic mass is 79.9. The molecule has 1 aromatic carbocycles. The SMILES string of the molecule is CCc1noc(CSc2nc3ccc(Br)cc3c(=O)n2Cc2ccco2)n1. The van der Waals surface area contributed by atoms with Crippen molar-refractivity contribution < 1.29 is 8.94 Å². The summed E-state index contributed by atoms with van der Waals surface area (Å²) in [6.07, 6.45) is 2.30. The quantitative estimate of drug-likeness (QED) is 0.326. The van der Waals surface area contributed by atoms with Gasteiger partial charge in [-0.15, -0.1) is 0 Å². The number of rotatable bonds is 6. The first kappa shape index (κ1) is 18.0. The topological polar surface area (TPSA) is 87.0 Å². The second-order valence-corrected chi connectivity index (χ2v) is 7.63. The zero-order chi connectivity index (χ0) is 18.8. The van der Waals surface area contributed by atoms with Crippen molar-refractivity contribution in [1.82, 2.24) is 19.7 Å². The van der Waals surface area contributed by atoms with Crippen LogP contribution in [0.15, 0.2) is 60.0 Å². The Morgan fingerprint density at radius 1 is 1.26 bits per heavy atom. The van der Waals surface area contributed by atoms with Gasteiger partial charge in [0.25, 0.3) is 5.56 Å². The second kappa shape index (κ2) is 7.69. The molecule has 4 rings (SSSR count). The van der Waals surface area contributed by atoms with Crippen LogP contribution >= 0.6 is 27.7 Å². The van der Waals surface area contributed by atoms with Crippen molar-refractivity contribution in [3.63, 3.8) is 0 Å². The van der Waals surface area contributed by atoms with Gasteiger partial charge in [0.15, 0.2) is 11.0 Å². The lowest BCUT2D eigenvalue weighted by molar-refractivity contribution is 0.385. The zero-order valence-electron chi connectivity index (χ0n) is 14.4. The molecule has 4 aromatic rings. The highest BCUT2D eigenvalue weighted by Gasteiger charge is 2.15. The summed E-state index contributed by atoms with van der Waals surface area (Å²) in [5.74, 6) is 2.28. The minimum absolute atomic E-state index is 0.125. The van der Waals surface area contributed by atoms with Crippen LogP contribution in [0.1, 0.15) is 24.4 Å². The van der Waals surface area contributed by atoms with Gasteiger partial charge >= 0.3 is 0 Å². The highest BCUT2D eigenvalue weighted by molar-refractivity contribution is 9.10. The smallest absolute Gasteiger partial charge is 0.262 e. The molecule has 0 aliphatic heterocycles. The average Bonchev–Trinajstić information content (AvgIpc) is 3.35. The number of thioether (sulfide) groups is 1. The van der Waals surface area contributed by atoms with Gasteiger partial charge < -0.3 is 8.94 Å². The normalized spacial score (nSPS) is 11.3. The van der Waals surface area contributed by atoms with E-state index < -0.39 is 0 Å². The number of fused-ring (bicyclic) bond motifs is 1. The molecule has 0 saturated carbocycles. The van der Waals surface area contributed by atoms with Gasteiger partial charge in [-0.1, -0.05) is 39.8 Å². The molecule has 0 saturated heterocycles. The van der Waals surface area contributed by atoms with Crippen LogP contribution in [-0.4, -0.2) is 19.7 Å². The van der Waals surface area contributed by atoms with Gasteiger partial charge in [0.05, 0.1) is 29.5 Å². The van der Waals surface area contributed by atoms with Gasteiger partial charge in [-0.05, 0) is 30.3 Å². The van der Waals surface area contributed by atoms with E-state index in [4.69, 9.17) is 8.94 Å². The minimum atomic E-state index is -0.125. The van der Waals surface area contributed by atoms with Gasteiger partial charge in [0.1, 0.15) is 5.76 Å². The van der Waals surface area contributed by atoms with Crippen LogP contribution in [0.4, 0.5) is 0 Å². The third-order valence-electron chi connectivity index (χ3n) is 3.93. The molecule has 0 amide bonds. The number of nitrogens with zero attached hydrogens (tertiary/aromatic N) is 4. The Bertz CT molecular complexity index is 1140. The molecule has 0 N–H and O–H groups in total. The fourth-order valence-electron chi connectivity index (χ4n) is 2.60. The lowest BCUT2D eigenvalue weighted by Gasteiger charge is -2.11. The molecule has 3 heterocycles. The van der Waals surface area contributed by atoms with Gasteiger partial charge in [-0.2, -0.15) is 4.98 Å². The third kappa shape index (κ3) is 3.84. The van der Waals surface area contributed by atoms with E-state index in [0.29, 0.717) is 52.3 Å². The number of halogens is 1. The lowest BCUT2D eigenvalue weighted by Crippen LogP contribution is -2.23. The van der Waals surface area contributed by atoms with Gasteiger partial charge in [0.2, 0.25) is 5.89 Å². The maximum atomic E-state index is 13.1. The van der Waals surface area contributed by atoms with Crippen molar-refractivity contribution >= 4 is 38.6 Å². The summed E-state index contributed by atoms with van der Waals surface area (Å²) in [4.78, 5) is 22.1. The summed E-state index contributed by atoms with van der Waals surface area (Å²) in [7, 11) is 0. The molecule has 0 aliphatic carbocycles. The van der Waals surface area contributed by atoms with Crippen molar-refractivity contribution in [1.29, 1.82) is 0 Å². The molecule has 27 heavy (non-hydrogen) atoms. The molecule has 0 bridgehead atoms. The van der Waals surface area contributed by atoms with Crippen molar-refractivity contribution in [2.45, 2.75) is 30.8 Å². The van der Waals surface area contributed by atoms with E-state index in [-0.39, 0.29) is 5.56 Å². The Morgan fingerprint density at radius 2 is 2.15 bits per heavy atom. The Kier molecular flexibility index (Phi) is 5.13. The first-order valence-corrected chi connectivity index (χ1v) is 10.1. The molecule has 0 aliphatic rings. The molecule has 3 aromatic heterocycles. The molecule has 138 valence electrons. The van der Waals surface area contributed by atoms with E-state index in [1.165, 1.54) is 11.8 Å². The van der Waals surface area contributed by atoms with Crippen LogP contribution in [0, 0.1) is 0 Å². The maximum Gasteiger partial charge on any atom is 0.262 e. The molecule has 0 radical (unpaired) electrons. The molecule has 0 fully saturated rings. The molecule has 9 heteroatoms. The van der Waals surface area contributed by atoms with Crippen LogP contribution in [0.25, 0.3) is 10.9 Å². The number of hydrogen-bond acceptors (Lipinski definition) is 7. The molecule has 0 spiro atoms. The van der Waals surface area contributed by atoms with Crippen LogP contribution in [0.5, 0.6) is 0 Å². The summed E-state index contributed by atoms with van der Waals surface area (Å²) >= 11 is 4.79. The zero-order valence-corrected chi connectivity index (χ0v) is 16.8. The predicted octanol–water partition coefficient (Wildman–Crippen LogP) is 4.04. The summed E-state index contributed by atoms with van der Waals surface area (Å²) in [6, 6.07) is 9.10. The average molecular weight is 447 g/mol. The molecule has 7 nitrogen and oxygen atoms in total. The van der Waals surface area contributed by atoms with Gasteiger partial charge in [0, 0.05) is 10.9 Å². The molecular weight excluding hydrogens is 432 g/mol. The Hall–Kier alpha value is -2.39. The van der Waals surface area contributed by atoms with Crippen LogP contribution < -0.4 is 5.56 Å². The summed E-state index contributed by atoms with van der Waals surface area (Å²) in [5, 5.41) is 5.02. The van der Waals surface area contributed by atoms with E-state index in [2.05, 4.69) is 31.1 Å². The van der Waals surface area contributed by atoms with E-state index in [9.17, 15) is 4.79 Å². The summed E-state index contributed by atoms with van der Waals surface area (Å²) in [5.41, 5.74) is 0.515. The summed E-state index contributed by atoms with van der Waals surface area (Å²) < 4.78 is 13.1. The van der Waals surface area contributed by atoms with E-state index in [1.807, 2.05) is 25.1 Å². The maximum absolute atomic E-state index is 13.1. The fourth-order valence-corrected chi connectivity index (χ4v) is 3.80. The Labute approximate surface area is 166 Å². The summed E-state index contributed by atoms with van der Waals surface area (Å²) in [6.45, 7) is 2.26. The van der Waals surface area contributed by atoms with Gasteiger partial charge in [-0.3, -0.25) is 9.36 Å². The second-order valence-electron chi connectivity index (χ2n) is 5.77. The fraction of sp³-hybridized carbons (Fsp3) is 0.222. The Morgan fingerprint density at radius 3 is 2.89 bits per heavy atom. The third-order valence-corrected chi connectivity index (χ3v) is 5.38. The van der Waals surface area contributed by atoms with Crippen molar-refractivity contribution in [2.75, 3.05) is 0 Å². The molecule has 0 atom stereocenters. The number of benzene rings is 1. The number of furan rings is 1. The number of aryl methyl sites for hydroxylation is 1. The van der Waals surface area contributed by atoms with E-state index >= 15 is 0 Å². The minimum Gasteiger partial charge on any atom is -0.467 e. The van der Waals surface area contributed by atoms with Crippen molar-refractivity contribution in [2.24, 2.45) is 0 Å². The largest absolute Gasteiger partial charge is 0.467 e. The molecule has 0 unspecified atom stereocenters. The number of aromatic nitrogens is 4. The van der Waals surface area contributed by atoms with Crippen LogP contribution in [-0.2, 0) is 18.7 Å². The number of hydrogen-bond donors (Lipinski definition) is 0. The van der Waals surface area contributed by atoms with Crippen LogP contribution in [0.2, 0.25) is 0 Å². The monoisotopic (exact) mass is 446 g/mol. The van der Waals surface area contributed by atoms with Crippen LogP contribution in [0.3, 0.4) is 0 Å². The molecular formula is C18H15BrN4O3S. The predicted molar refractivity (Wildman–Crippen MR) is 105 cm³/mol. The first-order valence-electron chi connectivity index (χ1n) is 8.31. The highest BCUT2D eigenvalue weighted by Crippen LogP contribution is 2.24. The standard InChI is InChI=1S/C18H15BrN4O3S/c1-2-15-21-16(26-22-15)10-27-18-20-14-6-5-11(19)8-13(14)17(24)23(18)9-12-4-3-7-25-12/h3-8H,2,9-10H2,1H3. The van der Waals surface area contributed by atoms with Crippen molar-refractivity contribution in [3.05, 3.63) is 68.9 Å². The first-order chi connectivity index (χ1) is 13.1.